The minimum absolute atomic E-state index is 0.000328. The number of piperidine rings is 1. The van der Waals surface area contributed by atoms with Gasteiger partial charge in [-0.25, -0.2) is 4.79 Å². The first-order valence-electron chi connectivity index (χ1n) is 6.21. The maximum absolute atomic E-state index is 12.7. The van der Waals surface area contributed by atoms with Crippen LogP contribution in [0.2, 0.25) is 5.02 Å². The molecule has 21 heavy (non-hydrogen) atoms. The molecule has 1 amide bonds. The molecule has 0 radical (unpaired) electrons. The molecule has 0 bridgehead atoms. The van der Waals surface area contributed by atoms with E-state index in [1.54, 1.807) is 0 Å². The van der Waals surface area contributed by atoms with Gasteiger partial charge in [0.2, 0.25) is 0 Å². The minimum Gasteiger partial charge on any atom is -0.465 e. The monoisotopic (exact) mass is 323 g/mol. The maximum Gasteiger partial charge on any atom is 0.416 e. The lowest BCUT2D eigenvalue weighted by atomic mass is 9.83. The normalized spacial score (nSPS) is 18.6. The Balaban J connectivity index is 2.31. The molecule has 0 aromatic heterocycles. The Labute approximate surface area is 123 Å². The maximum atomic E-state index is 12.7. The third kappa shape index (κ3) is 3.24. The highest BCUT2D eigenvalue weighted by atomic mass is 35.5. The fourth-order valence-corrected chi connectivity index (χ4v) is 2.69. The highest BCUT2D eigenvalue weighted by Crippen LogP contribution is 2.40. The SMILES string of the molecule is O=C(O)N1CCC(O)(c2cc(C(F)(F)F)ccc2Cl)CC1. The van der Waals surface area contributed by atoms with E-state index >= 15 is 0 Å². The summed E-state index contributed by atoms with van der Waals surface area (Å²) in [5.74, 6) is 0. The molecular formula is C13H13ClF3NO3. The lowest BCUT2D eigenvalue weighted by molar-refractivity contribution is -0.137. The molecule has 4 nitrogen and oxygen atoms in total. The molecule has 2 N–H and O–H groups in total. The average molecular weight is 324 g/mol. The number of amides is 1. The van der Waals surface area contributed by atoms with E-state index in [0.717, 1.165) is 23.1 Å². The Bertz CT molecular complexity index is 554. The number of likely N-dealkylation sites (tertiary alicyclic amines) is 1. The second-order valence-corrected chi connectivity index (χ2v) is 5.40. The van der Waals surface area contributed by atoms with Gasteiger partial charge >= 0.3 is 12.3 Å². The number of nitrogens with zero attached hydrogens (tertiary/aromatic N) is 1. The standard InChI is InChI=1S/C13H13ClF3NO3/c14-10-2-1-8(13(15,16)17)7-9(10)12(21)3-5-18(6-4-12)11(19)20/h1-2,7,21H,3-6H2,(H,19,20). The predicted molar refractivity (Wildman–Crippen MR) is 69.2 cm³/mol. The minimum atomic E-state index is -4.53. The van der Waals surface area contributed by atoms with E-state index in [9.17, 15) is 23.1 Å². The van der Waals surface area contributed by atoms with Crippen LogP contribution in [0.5, 0.6) is 0 Å². The molecule has 1 aromatic carbocycles. The molecule has 8 heteroatoms. The van der Waals surface area contributed by atoms with Crippen molar-refractivity contribution < 1.29 is 28.2 Å². The second-order valence-electron chi connectivity index (χ2n) is 4.99. The molecule has 1 aliphatic heterocycles. The van der Waals surface area contributed by atoms with Crippen LogP contribution in [0, 0.1) is 0 Å². The van der Waals surface area contributed by atoms with Crippen LogP contribution < -0.4 is 0 Å². The summed E-state index contributed by atoms with van der Waals surface area (Å²) >= 11 is 5.91. The van der Waals surface area contributed by atoms with Gasteiger partial charge in [0.25, 0.3) is 0 Å². The Morgan fingerprint density at radius 2 is 1.86 bits per heavy atom. The highest BCUT2D eigenvalue weighted by molar-refractivity contribution is 6.31. The predicted octanol–water partition coefficient (Wildman–Crippen LogP) is 3.32. The summed E-state index contributed by atoms with van der Waals surface area (Å²) in [6.07, 6.45) is -5.65. The van der Waals surface area contributed by atoms with E-state index in [-0.39, 0.29) is 36.5 Å². The first kappa shape index (κ1) is 15.9. The largest absolute Gasteiger partial charge is 0.465 e. The summed E-state index contributed by atoms with van der Waals surface area (Å²) in [6, 6.07) is 2.78. The van der Waals surface area contributed by atoms with Gasteiger partial charge in [-0.3, -0.25) is 0 Å². The highest BCUT2D eigenvalue weighted by Gasteiger charge is 2.39. The first-order chi connectivity index (χ1) is 9.63. The zero-order valence-electron chi connectivity index (χ0n) is 10.8. The smallest absolute Gasteiger partial charge is 0.416 e. The second kappa shape index (κ2) is 5.38. The van der Waals surface area contributed by atoms with E-state index in [0.29, 0.717) is 0 Å². The number of hydrogen-bond acceptors (Lipinski definition) is 2. The fourth-order valence-electron chi connectivity index (χ4n) is 2.40. The molecule has 0 unspecified atom stereocenters. The van der Waals surface area contributed by atoms with Gasteiger partial charge in [-0.05, 0) is 31.0 Å². The van der Waals surface area contributed by atoms with Gasteiger partial charge in [0.15, 0.2) is 0 Å². The van der Waals surface area contributed by atoms with Gasteiger partial charge < -0.3 is 15.1 Å². The van der Waals surface area contributed by atoms with Crippen molar-refractivity contribution in [3.8, 4) is 0 Å². The number of benzene rings is 1. The van der Waals surface area contributed by atoms with Crippen molar-refractivity contribution in [2.45, 2.75) is 24.6 Å². The number of carbonyl (C=O) groups is 1. The summed E-state index contributed by atoms with van der Waals surface area (Å²) in [6.45, 7) is 0.0802. The number of aliphatic hydroxyl groups is 1. The molecule has 1 heterocycles. The van der Waals surface area contributed by atoms with E-state index in [2.05, 4.69) is 0 Å². The van der Waals surface area contributed by atoms with Crippen LogP contribution >= 0.6 is 11.6 Å². The van der Waals surface area contributed by atoms with Gasteiger partial charge in [-0.1, -0.05) is 11.6 Å². The molecular weight excluding hydrogens is 311 g/mol. The summed E-state index contributed by atoms with van der Waals surface area (Å²) in [7, 11) is 0. The van der Waals surface area contributed by atoms with Gasteiger partial charge in [-0.2, -0.15) is 13.2 Å². The average Bonchev–Trinajstić information content (AvgIpc) is 2.38. The van der Waals surface area contributed by atoms with Crippen molar-refractivity contribution in [3.05, 3.63) is 34.3 Å². The van der Waals surface area contributed by atoms with Gasteiger partial charge in [0.05, 0.1) is 11.2 Å². The first-order valence-corrected chi connectivity index (χ1v) is 6.59. The third-order valence-electron chi connectivity index (χ3n) is 3.66. The van der Waals surface area contributed by atoms with Crippen molar-refractivity contribution in [3.63, 3.8) is 0 Å². The van der Waals surface area contributed by atoms with E-state index < -0.39 is 23.4 Å². The summed E-state index contributed by atoms with van der Waals surface area (Å²) < 4.78 is 38.2. The van der Waals surface area contributed by atoms with Crippen LogP contribution in [0.4, 0.5) is 18.0 Å². The molecule has 0 atom stereocenters. The quantitative estimate of drug-likeness (QED) is 0.833. The molecule has 0 aliphatic carbocycles. The van der Waals surface area contributed by atoms with Crippen molar-refractivity contribution in [1.29, 1.82) is 0 Å². The molecule has 2 rings (SSSR count). The van der Waals surface area contributed by atoms with Crippen molar-refractivity contribution in [2.24, 2.45) is 0 Å². The lowest BCUT2D eigenvalue weighted by Crippen LogP contribution is -2.44. The van der Waals surface area contributed by atoms with Crippen LogP contribution in [-0.2, 0) is 11.8 Å². The lowest BCUT2D eigenvalue weighted by Gasteiger charge is -2.38. The molecule has 1 aliphatic rings. The van der Waals surface area contributed by atoms with Crippen LogP contribution in [0.1, 0.15) is 24.0 Å². The fraction of sp³-hybridized carbons (Fsp3) is 0.462. The zero-order chi connectivity index (χ0) is 15.8. The number of hydrogen-bond donors (Lipinski definition) is 2. The number of carboxylic acid groups (broad SMARTS) is 1. The van der Waals surface area contributed by atoms with Gasteiger partial charge in [0.1, 0.15) is 0 Å². The van der Waals surface area contributed by atoms with Gasteiger partial charge in [-0.15, -0.1) is 0 Å². The number of halogens is 4. The summed E-state index contributed by atoms with van der Waals surface area (Å²) in [4.78, 5) is 11.9. The Morgan fingerprint density at radius 3 is 2.33 bits per heavy atom. The van der Waals surface area contributed by atoms with Gasteiger partial charge in [0, 0.05) is 23.7 Å². The molecule has 1 fully saturated rings. The molecule has 116 valence electrons. The molecule has 0 saturated carbocycles. The zero-order valence-corrected chi connectivity index (χ0v) is 11.6. The summed E-state index contributed by atoms with van der Waals surface area (Å²) in [5, 5.41) is 19.4. The molecule has 1 saturated heterocycles. The van der Waals surface area contributed by atoms with Crippen molar-refractivity contribution >= 4 is 17.7 Å². The van der Waals surface area contributed by atoms with Crippen LogP contribution in [-0.4, -0.2) is 34.3 Å². The Kier molecular flexibility index (Phi) is 4.08. The van der Waals surface area contributed by atoms with Crippen LogP contribution in [0.25, 0.3) is 0 Å². The van der Waals surface area contributed by atoms with E-state index in [1.807, 2.05) is 0 Å². The van der Waals surface area contributed by atoms with Crippen LogP contribution in [0.3, 0.4) is 0 Å². The van der Waals surface area contributed by atoms with E-state index in [4.69, 9.17) is 16.7 Å². The van der Waals surface area contributed by atoms with Crippen molar-refractivity contribution in [1.82, 2.24) is 4.90 Å². The van der Waals surface area contributed by atoms with Crippen molar-refractivity contribution in [2.75, 3.05) is 13.1 Å². The Morgan fingerprint density at radius 1 is 1.29 bits per heavy atom. The molecule has 0 spiro atoms. The van der Waals surface area contributed by atoms with Crippen LogP contribution in [0.15, 0.2) is 18.2 Å². The van der Waals surface area contributed by atoms with E-state index in [1.165, 1.54) is 0 Å². The molecule has 1 aromatic rings. The third-order valence-corrected chi connectivity index (χ3v) is 3.99. The number of alkyl halides is 3. The Hall–Kier alpha value is -1.47. The number of rotatable bonds is 1. The summed E-state index contributed by atoms with van der Waals surface area (Å²) in [5.41, 5.74) is -2.45. The topological polar surface area (TPSA) is 60.8 Å².